The highest BCUT2D eigenvalue weighted by molar-refractivity contribution is 5.70. The van der Waals surface area contributed by atoms with E-state index in [0.29, 0.717) is 0 Å². The Morgan fingerprint density at radius 1 is 0.962 bits per heavy atom. The molecular formula is C21H30N4O. The van der Waals surface area contributed by atoms with Gasteiger partial charge in [0.2, 0.25) is 5.95 Å². The van der Waals surface area contributed by atoms with Gasteiger partial charge in [-0.05, 0) is 51.3 Å². The Kier molecular flexibility index (Phi) is 3.94. The fourth-order valence-electron chi connectivity index (χ4n) is 4.52. The van der Waals surface area contributed by atoms with Crippen molar-refractivity contribution in [2.24, 2.45) is 7.05 Å². The molecular weight excluding hydrogens is 324 g/mol. The zero-order valence-corrected chi connectivity index (χ0v) is 16.9. The van der Waals surface area contributed by atoms with Crippen LogP contribution < -0.4 is 14.5 Å². The normalized spacial score (nSPS) is 18.8. The van der Waals surface area contributed by atoms with Gasteiger partial charge in [0.1, 0.15) is 11.4 Å². The fourth-order valence-corrected chi connectivity index (χ4v) is 4.52. The number of hydrogen-bond donors (Lipinski definition) is 0. The maximum absolute atomic E-state index is 6.27. The van der Waals surface area contributed by atoms with E-state index in [4.69, 9.17) is 4.74 Å². The van der Waals surface area contributed by atoms with Crippen molar-refractivity contribution in [1.29, 1.82) is 0 Å². The molecule has 0 radical (unpaired) electrons. The van der Waals surface area contributed by atoms with E-state index in [-0.39, 0.29) is 5.60 Å². The van der Waals surface area contributed by atoms with Crippen molar-refractivity contribution in [3.8, 4) is 5.75 Å². The molecule has 1 aromatic heterocycles. The van der Waals surface area contributed by atoms with Crippen LogP contribution in [-0.2, 0) is 13.5 Å². The summed E-state index contributed by atoms with van der Waals surface area (Å²) in [5.41, 5.74) is 6.79. The summed E-state index contributed by atoms with van der Waals surface area (Å²) in [6.07, 6.45) is 4.89. The Morgan fingerprint density at radius 2 is 1.62 bits per heavy atom. The van der Waals surface area contributed by atoms with Crippen LogP contribution in [0.3, 0.4) is 0 Å². The van der Waals surface area contributed by atoms with Crippen molar-refractivity contribution >= 4 is 11.6 Å². The monoisotopic (exact) mass is 354 g/mol. The molecule has 1 saturated heterocycles. The number of nitrogens with zero attached hydrogens (tertiary/aromatic N) is 4. The van der Waals surface area contributed by atoms with Gasteiger partial charge < -0.3 is 19.1 Å². The van der Waals surface area contributed by atoms with Crippen molar-refractivity contribution in [3.05, 3.63) is 34.6 Å². The first-order chi connectivity index (χ1) is 12.3. The second kappa shape index (κ2) is 5.93. The van der Waals surface area contributed by atoms with Crippen LogP contribution in [0.4, 0.5) is 11.6 Å². The zero-order chi connectivity index (χ0) is 18.6. The molecule has 2 aliphatic rings. The second-order valence-corrected chi connectivity index (χ2v) is 8.38. The molecule has 26 heavy (non-hydrogen) atoms. The van der Waals surface area contributed by atoms with E-state index in [1.165, 1.54) is 27.9 Å². The molecule has 0 amide bonds. The van der Waals surface area contributed by atoms with E-state index in [9.17, 15) is 0 Å². The Balaban J connectivity index is 1.62. The van der Waals surface area contributed by atoms with Crippen LogP contribution in [-0.4, -0.2) is 41.3 Å². The minimum Gasteiger partial charge on any atom is -0.487 e. The first-order valence-electron chi connectivity index (χ1n) is 9.57. The molecule has 0 spiro atoms. The van der Waals surface area contributed by atoms with Crippen molar-refractivity contribution < 1.29 is 4.74 Å². The summed E-state index contributed by atoms with van der Waals surface area (Å²) < 4.78 is 8.37. The third-order valence-corrected chi connectivity index (χ3v) is 6.00. The Bertz CT molecular complexity index is 844. The molecule has 0 atom stereocenters. The van der Waals surface area contributed by atoms with Crippen LogP contribution in [0.25, 0.3) is 0 Å². The standard InChI is InChI=1S/C21H30N4O/c1-14-15(2)19-17(13-21(4,5)26-19)16(3)18(14)24-9-11-25(12-10-24)20-22-7-8-23(20)6/h7-8H,9-13H2,1-6H3. The van der Waals surface area contributed by atoms with Crippen LogP contribution in [0, 0.1) is 20.8 Å². The largest absolute Gasteiger partial charge is 0.487 e. The van der Waals surface area contributed by atoms with E-state index < -0.39 is 0 Å². The molecule has 0 aliphatic carbocycles. The van der Waals surface area contributed by atoms with Gasteiger partial charge in [0.15, 0.2) is 0 Å². The molecule has 1 aromatic carbocycles. The highest BCUT2D eigenvalue weighted by Gasteiger charge is 2.35. The third kappa shape index (κ3) is 2.65. The lowest BCUT2D eigenvalue weighted by atomic mass is 9.92. The Hall–Kier alpha value is -2.17. The number of piperazine rings is 1. The molecule has 1 fully saturated rings. The summed E-state index contributed by atoms with van der Waals surface area (Å²) >= 11 is 0. The third-order valence-electron chi connectivity index (χ3n) is 6.00. The summed E-state index contributed by atoms with van der Waals surface area (Å²) in [5.74, 6) is 2.19. The van der Waals surface area contributed by atoms with Crippen LogP contribution in [0.2, 0.25) is 0 Å². The number of rotatable bonds is 2. The molecule has 3 heterocycles. The molecule has 4 rings (SSSR count). The zero-order valence-electron chi connectivity index (χ0n) is 16.9. The summed E-state index contributed by atoms with van der Waals surface area (Å²) in [6, 6.07) is 0. The lowest BCUT2D eigenvalue weighted by Gasteiger charge is -2.38. The molecule has 5 nitrogen and oxygen atoms in total. The predicted molar refractivity (Wildman–Crippen MR) is 107 cm³/mol. The maximum Gasteiger partial charge on any atom is 0.205 e. The molecule has 0 bridgehead atoms. The van der Waals surface area contributed by atoms with Crippen molar-refractivity contribution in [2.45, 2.75) is 46.6 Å². The molecule has 0 unspecified atom stereocenters. The van der Waals surface area contributed by atoms with Gasteiger partial charge >= 0.3 is 0 Å². The van der Waals surface area contributed by atoms with Gasteiger partial charge in [-0.25, -0.2) is 4.98 Å². The molecule has 2 aromatic rings. The average Bonchev–Trinajstić information content (AvgIpc) is 3.16. The topological polar surface area (TPSA) is 33.5 Å². The van der Waals surface area contributed by atoms with E-state index in [1.807, 2.05) is 12.4 Å². The summed E-state index contributed by atoms with van der Waals surface area (Å²) in [5, 5.41) is 0. The minimum atomic E-state index is -0.0974. The van der Waals surface area contributed by atoms with Crippen LogP contribution in [0.5, 0.6) is 5.75 Å². The average molecular weight is 354 g/mol. The van der Waals surface area contributed by atoms with Gasteiger partial charge in [-0.3, -0.25) is 0 Å². The van der Waals surface area contributed by atoms with Gasteiger partial charge in [-0.1, -0.05) is 0 Å². The highest BCUT2D eigenvalue weighted by atomic mass is 16.5. The minimum absolute atomic E-state index is 0.0974. The Morgan fingerprint density at radius 3 is 2.23 bits per heavy atom. The first kappa shape index (κ1) is 17.3. The van der Waals surface area contributed by atoms with Crippen molar-refractivity contribution in [3.63, 3.8) is 0 Å². The first-order valence-corrected chi connectivity index (χ1v) is 9.57. The van der Waals surface area contributed by atoms with E-state index >= 15 is 0 Å². The number of aryl methyl sites for hydroxylation is 1. The van der Waals surface area contributed by atoms with Crippen LogP contribution in [0.1, 0.15) is 36.1 Å². The van der Waals surface area contributed by atoms with Gasteiger partial charge in [0.05, 0.1) is 0 Å². The smallest absolute Gasteiger partial charge is 0.205 e. The fraction of sp³-hybridized carbons (Fsp3) is 0.571. The van der Waals surface area contributed by atoms with Crippen LogP contribution >= 0.6 is 0 Å². The predicted octanol–water partition coefficient (Wildman–Crippen LogP) is 3.39. The number of imidazole rings is 1. The van der Waals surface area contributed by atoms with Crippen molar-refractivity contribution in [2.75, 3.05) is 36.0 Å². The van der Waals surface area contributed by atoms with Gasteiger partial charge in [-0.2, -0.15) is 0 Å². The second-order valence-electron chi connectivity index (χ2n) is 8.38. The number of hydrogen-bond acceptors (Lipinski definition) is 4. The van der Waals surface area contributed by atoms with Crippen molar-refractivity contribution in [1.82, 2.24) is 9.55 Å². The van der Waals surface area contributed by atoms with Gasteiger partial charge in [0.25, 0.3) is 0 Å². The molecule has 0 saturated carbocycles. The number of fused-ring (bicyclic) bond motifs is 1. The number of anilines is 2. The van der Waals surface area contributed by atoms with Gasteiger partial charge in [0, 0.05) is 63.3 Å². The molecule has 0 N–H and O–H groups in total. The SMILES string of the molecule is Cc1c(C)c(N2CCN(c3nccn3C)CC2)c(C)c2c1OC(C)(C)C2. The Labute approximate surface area is 156 Å². The van der Waals surface area contributed by atoms with E-state index in [1.54, 1.807) is 0 Å². The number of aromatic nitrogens is 2. The molecule has 2 aliphatic heterocycles. The maximum atomic E-state index is 6.27. The number of benzene rings is 1. The lowest BCUT2D eigenvalue weighted by molar-refractivity contribution is 0.137. The summed E-state index contributed by atoms with van der Waals surface area (Å²) in [4.78, 5) is 9.44. The number of ether oxygens (including phenoxy) is 1. The molecule has 5 heteroatoms. The highest BCUT2D eigenvalue weighted by Crippen LogP contribution is 2.45. The van der Waals surface area contributed by atoms with E-state index in [2.05, 4.69) is 61.0 Å². The summed E-state index contributed by atoms with van der Waals surface area (Å²) in [6.45, 7) is 15.2. The quantitative estimate of drug-likeness (QED) is 0.828. The lowest BCUT2D eigenvalue weighted by Crippen LogP contribution is -2.47. The summed E-state index contributed by atoms with van der Waals surface area (Å²) in [7, 11) is 2.06. The van der Waals surface area contributed by atoms with Gasteiger partial charge in [-0.15, -0.1) is 0 Å². The van der Waals surface area contributed by atoms with Crippen LogP contribution in [0.15, 0.2) is 12.4 Å². The van der Waals surface area contributed by atoms with E-state index in [0.717, 1.165) is 44.3 Å². The molecule has 140 valence electrons.